The third-order valence-electron chi connectivity index (χ3n) is 4.55. The summed E-state index contributed by atoms with van der Waals surface area (Å²) < 4.78 is 71.0. The first-order chi connectivity index (χ1) is 13.2. The summed E-state index contributed by atoms with van der Waals surface area (Å²) in [6.45, 7) is 3.37. The number of piperazine rings is 1. The van der Waals surface area contributed by atoms with E-state index in [1.165, 1.54) is 22.5 Å². The van der Waals surface area contributed by atoms with Gasteiger partial charge in [0.05, 0.1) is 17.1 Å². The Hall–Kier alpha value is -2.26. The fourth-order valence-corrected chi connectivity index (χ4v) is 4.51. The van der Waals surface area contributed by atoms with Crippen molar-refractivity contribution in [3.05, 3.63) is 54.1 Å². The van der Waals surface area contributed by atoms with Gasteiger partial charge in [0.2, 0.25) is 10.0 Å². The number of benzene rings is 2. The molecule has 0 spiro atoms. The van der Waals surface area contributed by atoms with E-state index in [1.807, 2.05) is 6.92 Å². The van der Waals surface area contributed by atoms with Crippen LogP contribution in [-0.4, -0.2) is 45.5 Å². The average molecular weight is 414 g/mol. The van der Waals surface area contributed by atoms with Gasteiger partial charge in [-0.2, -0.15) is 17.5 Å². The van der Waals surface area contributed by atoms with E-state index < -0.39 is 21.8 Å². The molecular formula is C19H21F3N2O3S. The Balaban J connectivity index is 1.69. The average Bonchev–Trinajstić information content (AvgIpc) is 2.68. The molecule has 1 heterocycles. The van der Waals surface area contributed by atoms with Crippen LogP contribution in [0.4, 0.5) is 18.9 Å². The molecule has 0 atom stereocenters. The highest BCUT2D eigenvalue weighted by Crippen LogP contribution is 2.32. The molecular weight excluding hydrogens is 393 g/mol. The molecule has 2 aromatic rings. The van der Waals surface area contributed by atoms with Crippen molar-refractivity contribution in [3.8, 4) is 5.75 Å². The number of hydrogen-bond acceptors (Lipinski definition) is 4. The number of rotatable bonds is 5. The molecule has 0 aromatic heterocycles. The number of anilines is 1. The van der Waals surface area contributed by atoms with Crippen molar-refractivity contribution in [3.63, 3.8) is 0 Å². The largest absolute Gasteiger partial charge is 0.494 e. The summed E-state index contributed by atoms with van der Waals surface area (Å²) in [7, 11) is -3.66. The van der Waals surface area contributed by atoms with E-state index in [-0.39, 0.29) is 18.0 Å². The summed E-state index contributed by atoms with van der Waals surface area (Å²) in [5.41, 5.74) is -0.276. The molecule has 1 aliphatic rings. The van der Waals surface area contributed by atoms with Gasteiger partial charge in [-0.15, -0.1) is 0 Å². The fourth-order valence-electron chi connectivity index (χ4n) is 3.09. The lowest BCUT2D eigenvalue weighted by Crippen LogP contribution is -2.48. The zero-order valence-corrected chi connectivity index (χ0v) is 16.1. The van der Waals surface area contributed by atoms with Crippen LogP contribution in [0, 0.1) is 0 Å². The number of halogens is 3. The van der Waals surface area contributed by atoms with Crippen molar-refractivity contribution in [2.45, 2.75) is 18.0 Å². The first-order valence-corrected chi connectivity index (χ1v) is 10.3. The third-order valence-corrected chi connectivity index (χ3v) is 6.46. The minimum Gasteiger partial charge on any atom is -0.494 e. The lowest BCUT2D eigenvalue weighted by molar-refractivity contribution is -0.137. The van der Waals surface area contributed by atoms with Crippen LogP contribution in [-0.2, 0) is 16.2 Å². The monoisotopic (exact) mass is 414 g/mol. The zero-order chi connectivity index (χ0) is 20.4. The molecule has 1 saturated heterocycles. The highest BCUT2D eigenvalue weighted by Gasteiger charge is 2.32. The standard InChI is InChI=1S/C19H21F3N2O3S/c1-2-27-17-6-8-18(9-7-17)28(25,26)24-12-10-23(11-13-24)16-5-3-4-15(14-16)19(20,21)22/h3-9,14H,2,10-13H2,1H3. The number of alkyl halides is 3. The first kappa shape index (κ1) is 20.5. The minimum atomic E-state index is -4.41. The Labute approximate surface area is 162 Å². The van der Waals surface area contributed by atoms with Crippen LogP contribution in [0.1, 0.15) is 12.5 Å². The number of nitrogens with zero attached hydrogens (tertiary/aromatic N) is 2. The van der Waals surface area contributed by atoms with Gasteiger partial charge in [0.15, 0.2) is 0 Å². The van der Waals surface area contributed by atoms with Gasteiger partial charge in [-0.1, -0.05) is 6.07 Å². The molecule has 0 bridgehead atoms. The van der Waals surface area contributed by atoms with E-state index in [0.29, 0.717) is 31.1 Å². The van der Waals surface area contributed by atoms with E-state index in [9.17, 15) is 21.6 Å². The van der Waals surface area contributed by atoms with Gasteiger partial charge in [-0.25, -0.2) is 8.42 Å². The van der Waals surface area contributed by atoms with Gasteiger partial charge in [0.25, 0.3) is 0 Å². The van der Waals surface area contributed by atoms with Crippen LogP contribution < -0.4 is 9.64 Å². The molecule has 28 heavy (non-hydrogen) atoms. The molecule has 0 amide bonds. The second kappa shape index (κ2) is 8.00. The van der Waals surface area contributed by atoms with E-state index in [0.717, 1.165) is 12.1 Å². The SMILES string of the molecule is CCOc1ccc(S(=O)(=O)N2CCN(c3cccc(C(F)(F)F)c3)CC2)cc1. The predicted octanol–water partition coefficient (Wildman–Crippen LogP) is 3.62. The molecule has 0 unspecified atom stereocenters. The van der Waals surface area contributed by atoms with E-state index in [4.69, 9.17) is 4.74 Å². The van der Waals surface area contributed by atoms with Crippen LogP contribution in [0.5, 0.6) is 5.75 Å². The predicted molar refractivity (Wildman–Crippen MR) is 100 cm³/mol. The molecule has 0 saturated carbocycles. The Bertz CT molecular complexity index is 907. The van der Waals surface area contributed by atoms with Crippen LogP contribution in [0.2, 0.25) is 0 Å². The Morgan fingerprint density at radius 3 is 2.21 bits per heavy atom. The van der Waals surface area contributed by atoms with Gasteiger partial charge in [-0.3, -0.25) is 0 Å². The molecule has 0 radical (unpaired) electrons. The number of hydrogen-bond donors (Lipinski definition) is 0. The normalized spacial score (nSPS) is 16.2. The van der Waals surface area contributed by atoms with Crippen molar-refractivity contribution < 1.29 is 26.3 Å². The van der Waals surface area contributed by atoms with Crippen LogP contribution >= 0.6 is 0 Å². The Kier molecular flexibility index (Phi) is 5.85. The summed E-state index contributed by atoms with van der Waals surface area (Å²) in [6.07, 6.45) is -4.41. The van der Waals surface area contributed by atoms with Crippen LogP contribution in [0.3, 0.4) is 0 Å². The Morgan fingerprint density at radius 2 is 1.64 bits per heavy atom. The first-order valence-electron chi connectivity index (χ1n) is 8.87. The van der Waals surface area contributed by atoms with Crippen molar-refractivity contribution in [1.82, 2.24) is 4.31 Å². The molecule has 2 aromatic carbocycles. The molecule has 1 fully saturated rings. The maximum Gasteiger partial charge on any atom is 0.416 e. The minimum absolute atomic E-state index is 0.170. The van der Waals surface area contributed by atoms with Gasteiger partial charge in [0.1, 0.15) is 5.75 Å². The summed E-state index contributed by atoms with van der Waals surface area (Å²) >= 11 is 0. The van der Waals surface area contributed by atoms with Crippen molar-refractivity contribution in [1.29, 1.82) is 0 Å². The highest BCUT2D eigenvalue weighted by molar-refractivity contribution is 7.89. The molecule has 3 rings (SSSR count). The van der Waals surface area contributed by atoms with E-state index in [1.54, 1.807) is 23.1 Å². The lowest BCUT2D eigenvalue weighted by Gasteiger charge is -2.35. The summed E-state index contributed by atoms with van der Waals surface area (Å²) in [5, 5.41) is 0. The van der Waals surface area contributed by atoms with E-state index in [2.05, 4.69) is 0 Å². The van der Waals surface area contributed by atoms with Crippen LogP contribution in [0.25, 0.3) is 0 Å². The molecule has 0 N–H and O–H groups in total. The summed E-state index contributed by atoms with van der Waals surface area (Å²) in [4.78, 5) is 1.93. The Morgan fingerprint density at radius 1 is 1.00 bits per heavy atom. The van der Waals surface area contributed by atoms with Gasteiger partial charge < -0.3 is 9.64 Å². The summed E-state index contributed by atoms with van der Waals surface area (Å²) in [6, 6.07) is 11.3. The van der Waals surface area contributed by atoms with Gasteiger partial charge in [0, 0.05) is 31.9 Å². The summed E-state index contributed by atoms with van der Waals surface area (Å²) in [5.74, 6) is 0.593. The smallest absolute Gasteiger partial charge is 0.416 e. The topological polar surface area (TPSA) is 49.9 Å². The molecule has 5 nitrogen and oxygen atoms in total. The lowest BCUT2D eigenvalue weighted by atomic mass is 10.1. The van der Waals surface area contributed by atoms with Crippen LogP contribution in [0.15, 0.2) is 53.4 Å². The molecule has 1 aliphatic heterocycles. The second-order valence-corrected chi connectivity index (χ2v) is 8.28. The molecule has 0 aliphatic carbocycles. The molecule has 152 valence electrons. The van der Waals surface area contributed by atoms with Crippen molar-refractivity contribution in [2.24, 2.45) is 0 Å². The van der Waals surface area contributed by atoms with Crippen molar-refractivity contribution in [2.75, 3.05) is 37.7 Å². The number of ether oxygens (including phenoxy) is 1. The number of sulfonamides is 1. The fraction of sp³-hybridized carbons (Fsp3) is 0.368. The zero-order valence-electron chi connectivity index (χ0n) is 15.3. The quantitative estimate of drug-likeness (QED) is 0.750. The maximum atomic E-state index is 12.9. The highest BCUT2D eigenvalue weighted by atomic mass is 32.2. The third kappa shape index (κ3) is 4.41. The maximum absolute atomic E-state index is 12.9. The van der Waals surface area contributed by atoms with E-state index >= 15 is 0 Å². The second-order valence-electron chi connectivity index (χ2n) is 6.34. The molecule has 9 heteroatoms. The van der Waals surface area contributed by atoms with Gasteiger partial charge in [-0.05, 0) is 49.4 Å². The van der Waals surface area contributed by atoms with Crippen molar-refractivity contribution >= 4 is 15.7 Å². The van der Waals surface area contributed by atoms with Gasteiger partial charge >= 0.3 is 6.18 Å².